The second-order valence-corrected chi connectivity index (χ2v) is 10.2. The number of hydrogen-bond donors (Lipinski definition) is 0. The summed E-state index contributed by atoms with van der Waals surface area (Å²) < 4.78 is 2.26. The number of para-hydroxylation sites is 1. The average molecular weight is 516 g/mol. The minimum Gasteiger partial charge on any atom is -0.278 e. The molecule has 0 atom stereocenters. The lowest BCUT2D eigenvalue weighted by molar-refractivity contribution is 0.992. The van der Waals surface area contributed by atoms with E-state index in [-0.39, 0.29) is 0 Å². The van der Waals surface area contributed by atoms with E-state index in [4.69, 9.17) is 9.97 Å². The molecule has 192 valence electrons. The molecule has 0 aliphatic carbocycles. The number of aromatic nitrogens is 3. The van der Waals surface area contributed by atoms with Crippen LogP contribution >= 0.6 is 0 Å². The number of nitrogens with zero attached hydrogens (tertiary/aromatic N) is 3. The third-order valence-electron chi connectivity index (χ3n) is 7.83. The zero-order chi connectivity index (χ0) is 27.1. The Morgan fingerprint density at radius 1 is 0.575 bits per heavy atom. The smallest absolute Gasteiger partial charge is 0.235 e. The molecule has 3 heteroatoms. The van der Waals surface area contributed by atoms with E-state index in [9.17, 15) is 0 Å². The van der Waals surface area contributed by atoms with Gasteiger partial charge >= 0.3 is 0 Å². The molecular weight excluding hydrogens is 486 g/mol. The highest BCUT2D eigenvalue weighted by atomic mass is 15.2. The summed E-state index contributed by atoms with van der Waals surface area (Å²) >= 11 is 0. The van der Waals surface area contributed by atoms with E-state index in [1.165, 1.54) is 33.0 Å². The summed E-state index contributed by atoms with van der Waals surface area (Å²) in [4.78, 5) is 10.4. The fraction of sp³-hybridized carbons (Fsp3) is 0.0811. The first kappa shape index (κ1) is 24.1. The second kappa shape index (κ2) is 9.94. The third-order valence-corrected chi connectivity index (χ3v) is 7.83. The Kier molecular flexibility index (Phi) is 5.98. The van der Waals surface area contributed by atoms with Gasteiger partial charge in [-0.1, -0.05) is 122 Å². The first-order valence-electron chi connectivity index (χ1n) is 13.8. The molecule has 0 saturated heterocycles. The van der Waals surface area contributed by atoms with Gasteiger partial charge in [0, 0.05) is 21.9 Å². The van der Waals surface area contributed by atoms with E-state index in [1.807, 2.05) is 12.1 Å². The van der Waals surface area contributed by atoms with Crippen LogP contribution in [0, 0.1) is 6.92 Å². The van der Waals surface area contributed by atoms with Gasteiger partial charge in [-0.15, -0.1) is 0 Å². The molecule has 0 aliphatic rings. The zero-order valence-corrected chi connectivity index (χ0v) is 22.7. The molecule has 2 heterocycles. The molecular formula is C37H29N3. The molecule has 2 aromatic heterocycles. The van der Waals surface area contributed by atoms with Crippen LogP contribution in [0.2, 0.25) is 0 Å². The Bertz CT molecular complexity index is 1930. The van der Waals surface area contributed by atoms with Gasteiger partial charge in [0.05, 0.1) is 22.4 Å². The van der Waals surface area contributed by atoms with E-state index in [0.717, 1.165) is 40.0 Å². The highest BCUT2D eigenvalue weighted by molar-refractivity contribution is 6.11. The van der Waals surface area contributed by atoms with E-state index < -0.39 is 0 Å². The van der Waals surface area contributed by atoms with Gasteiger partial charge in [-0.05, 0) is 47.7 Å². The Hall–Kier alpha value is -5.02. The fourth-order valence-electron chi connectivity index (χ4n) is 5.86. The summed E-state index contributed by atoms with van der Waals surface area (Å²) in [5.74, 6) is 0.676. The van der Waals surface area contributed by atoms with Gasteiger partial charge in [0.2, 0.25) is 5.95 Å². The summed E-state index contributed by atoms with van der Waals surface area (Å²) in [5.41, 5.74) is 11.3. The van der Waals surface area contributed by atoms with Crippen molar-refractivity contribution in [1.82, 2.24) is 14.5 Å². The molecule has 0 aliphatic heterocycles. The Morgan fingerprint density at radius 3 is 1.85 bits per heavy atom. The van der Waals surface area contributed by atoms with Crippen LogP contribution in [0.4, 0.5) is 0 Å². The van der Waals surface area contributed by atoms with Gasteiger partial charge in [-0.3, -0.25) is 4.57 Å². The van der Waals surface area contributed by atoms with Crippen LogP contribution in [0.25, 0.3) is 61.4 Å². The fourth-order valence-corrected chi connectivity index (χ4v) is 5.86. The maximum Gasteiger partial charge on any atom is 0.235 e. The molecule has 0 radical (unpaired) electrons. The summed E-state index contributed by atoms with van der Waals surface area (Å²) in [7, 11) is 0. The molecule has 0 fully saturated rings. The summed E-state index contributed by atoms with van der Waals surface area (Å²) in [6, 6.07) is 44.7. The maximum absolute atomic E-state index is 5.20. The van der Waals surface area contributed by atoms with Crippen LogP contribution < -0.4 is 0 Å². The summed E-state index contributed by atoms with van der Waals surface area (Å²) in [6.45, 7) is 4.45. The molecule has 7 rings (SSSR count). The van der Waals surface area contributed by atoms with Crippen LogP contribution in [0.1, 0.15) is 18.1 Å². The normalized spacial score (nSPS) is 11.3. The number of rotatable bonds is 5. The molecule has 0 bridgehead atoms. The topological polar surface area (TPSA) is 30.7 Å². The molecule has 0 unspecified atom stereocenters. The number of fused-ring (bicyclic) bond motifs is 3. The van der Waals surface area contributed by atoms with E-state index >= 15 is 0 Å². The highest BCUT2D eigenvalue weighted by Crippen LogP contribution is 2.39. The average Bonchev–Trinajstić information content (AvgIpc) is 3.37. The van der Waals surface area contributed by atoms with Crippen LogP contribution in [-0.4, -0.2) is 14.5 Å². The Morgan fingerprint density at radius 2 is 1.18 bits per heavy atom. The van der Waals surface area contributed by atoms with Gasteiger partial charge in [0.25, 0.3) is 0 Å². The number of benzene rings is 5. The first-order valence-corrected chi connectivity index (χ1v) is 13.8. The Labute approximate surface area is 234 Å². The first-order chi connectivity index (χ1) is 19.7. The predicted octanol–water partition coefficient (Wildman–Crippen LogP) is 9.45. The number of aryl methyl sites for hydroxylation is 2. The van der Waals surface area contributed by atoms with Crippen LogP contribution in [0.15, 0.2) is 127 Å². The van der Waals surface area contributed by atoms with Gasteiger partial charge in [-0.25, -0.2) is 9.97 Å². The van der Waals surface area contributed by atoms with Crippen LogP contribution in [0.3, 0.4) is 0 Å². The van der Waals surface area contributed by atoms with Gasteiger partial charge < -0.3 is 0 Å². The van der Waals surface area contributed by atoms with Crippen LogP contribution in [0.5, 0.6) is 0 Å². The van der Waals surface area contributed by atoms with Gasteiger partial charge in [0.15, 0.2) is 0 Å². The lowest BCUT2D eigenvalue weighted by Crippen LogP contribution is -2.05. The van der Waals surface area contributed by atoms with Crippen molar-refractivity contribution >= 4 is 21.8 Å². The molecule has 7 aromatic rings. The maximum atomic E-state index is 5.20. The quantitative estimate of drug-likeness (QED) is 0.229. The zero-order valence-electron chi connectivity index (χ0n) is 22.7. The predicted molar refractivity (Wildman–Crippen MR) is 167 cm³/mol. The van der Waals surface area contributed by atoms with Crippen LogP contribution in [-0.2, 0) is 6.42 Å². The highest BCUT2D eigenvalue weighted by Gasteiger charge is 2.20. The van der Waals surface area contributed by atoms with Crippen molar-refractivity contribution in [1.29, 1.82) is 0 Å². The van der Waals surface area contributed by atoms with Crippen molar-refractivity contribution in [2.45, 2.75) is 20.3 Å². The standard InChI is InChI=1S/C37H29N3/c1-3-26-14-10-11-19-30(26)29-22-23-32-31-20-12-13-21-35(31)40(36(32)25(29)2)37-38-33(27-15-6-4-7-16-27)24-34(39-37)28-17-8-5-9-18-28/h4-24H,3H2,1-2H3. The van der Waals surface area contributed by atoms with Crippen molar-refractivity contribution < 1.29 is 0 Å². The van der Waals surface area contributed by atoms with E-state index in [0.29, 0.717) is 5.95 Å². The minimum absolute atomic E-state index is 0.676. The number of hydrogen-bond acceptors (Lipinski definition) is 2. The minimum atomic E-state index is 0.676. The second-order valence-electron chi connectivity index (χ2n) is 10.2. The van der Waals surface area contributed by atoms with E-state index in [2.05, 4.69) is 134 Å². The van der Waals surface area contributed by atoms with Gasteiger partial charge in [-0.2, -0.15) is 0 Å². The molecule has 5 aromatic carbocycles. The molecule has 0 N–H and O–H groups in total. The van der Waals surface area contributed by atoms with Crippen molar-refractivity contribution in [3.05, 3.63) is 139 Å². The lowest BCUT2D eigenvalue weighted by atomic mass is 9.93. The summed E-state index contributed by atoms with van der Waals surface area (Å²) in [5, 5.41) is 2.41. The molecule has 40 heavy (non-hydrogen) atoms. The summed E-state index contributed by atoms with van der Waals surface area (Å²) in [6.07, 6.45) is 0.985. The molecule has 0 saturated carbocycles. The Balaban J connectivity index is 1.57. The molecule has 3 nitrogen and oxygen atoms in total. The van der Waals surface area contributed by atoms with Crippen molar-refractivity contribution in [3.63, 3.8) is 0 Å². The van der Waals surface area contributed by atoms with Gasteiger partial charge in [0.1, 0.15) is 0 Å². The lowest BCUT2D eigenvalue weighted by Gasteiger charge is -2.15. The van der Waals surface area contributed by atoms with Crippen molar-refractivity contribution in [2.24, 2.45) is 0 Å². The van der Waals surface area contributed by atoms with E-state index in [1.54, 1.807) is 0 Å². The van der Waals surface area contributed by atoms with Crippen molar-refractivity contribution in [2.75, 3.05) is 0 Å². The van der Waals surface area contributed by atoms with Crippen molar-refractivity contribution in [3.8, 4) is 39.6 Å². The largest absolute Gasteiger partial charge is 0.278 e. The molecule has 0 amide bonds. The SMILES string of the molecule is CCc1ccccc1-c1ccc2c3ccccc3n(-c3nc(-c4ccccc4)cc(-c4ccccc4)n3)c2c1C. The monoisotopic (exact) mass is 515 g/mol. The molecule has 0 spiro atoms. The third kappa shape index (κ3) is 3.99.